The lowest BCUT2D eigenvalue weighted by molar-refractivity contribution is -0.140. The van der Waals surface area contributed by atoms with Crippen molar-refractivity contribution in [3.05, 3.63) is 81.5 Å². The van der Waals surface area contributed by atoms with Gasteiger partial charge in [0.1, 0.15) is 17.5 Å². The van der Waals surface area contributed by atoms with Gasteiger partial charge in [-0.1, -0.05) is 12.1 Å². The third kappa shape index (κ3) is 5.54. The first-order chi connectivity index (χ1) is 15.5. The molecule has 0 aliphatic heterocycles. The Morgan fingerprint density at radius 2 is 1.73 bits per heavy atom. The number of H-pyrrole nitrogens is 1. The Kier molecular flexibility index (Phi) is 6.80. The molecule has 2 aromatic carbocycles. The van der Waals surface area contributed by atoms with Crippen molar-refractivity contribution < 1.29 is 35.9 Å². The van der Waals surface area contributed by atoms with Crippen molar-refractivity contribution in [2.24, 2.45) is 0 Å². The standard InChI is InChI=1S/C22H16F6N2O3/c1-2-33-19-6-13(10-29-21(19)32)11-3-4-12(15(23)5-11)7-20(31)30-18-8-14(22(26,27)28)16(24)9-17(18)25/h3-6,8-10H,2,7H2,1H3,(H,29,32)(H,30,31). The Bertz CT molecular complexity index is 1250. The van der Waals surface area contributed by atoms with Gasteiger partial charge in [-0.05, 0) is 36.2 Å². The fourth-order valence-corrected chi connectivity index (χ4v) is 2.99. The number of halogens is 6. The van der Waals surface area contributed by atoms with E-state index in [4.69, 9.17) is 4.74 Å². The minimum Gasteiger partial charge on any atom is -0.488 e. The molecule has 1 heterocycles. The van der Waals surface area contributed by atoms with E-state index >= 15 is 0 Å². The van der Waals surface area contributed by atoms with Crippen LogP contribution in [0.3, 0.4) is 0 Å². The fraction of sp³-hybridized carbons (Fsp3) is 0.182. The number of rotatable bonds is 6. The summed E-state index contributed by atoms with van der Waals surface area (Å²) in [5.74, 6) is -5.02. The monoisotopic (exact) mass is 470 g/mol. The molecule has 0 saturated heterocycles. The number of nitrogens with one attached hydrogen (secondary N) is 2. The van der Waals surface area contributed by atoms with E-state index in [1.807, 2.05) is 5.32 Å². The van der Waals surface area contributed by atoms with Gasteiger partial charge in [-0.25, -0.2) is 13.2 Å². The Hall–Kier alpha value is -3.76. The lowest BCUT2D eigenvalue weighted by Crippen LogP contribution is -2.18. The summed E-state index contributed by atoms with van der Waals surface area (Å²) in [5.41, 5.74) is -2.43. The second-order valence-corrected chi connectivity index (χ2v) is 6.86. The maximum absolute atomic E-state index is 14.6. The summed E-state index contributed by atoms with van der Waals surface area (Å²) < 4.78 is 85.4. The van der Waals surface area contributed by atoms with Crippen molar-refractivity contribution in [3.8, 4) is 16.9 Å². The van der Waals surface area contributed by atoms with Crippen LogP contribution < -0.4 is 15.6 Å². The van der Waals surface area contributed by atoms with E-state index in [1.165, 1.54) is 24.4 Å². The quantitative estimate of drug-likeness (QED) is 0.495. The van der Waals surface area contributed by atoms with E-state index in [0.29, 0.717) is 11.1 Å². The van der Waals surface area contributed by atoms with Gasteiger partial charge in [0.25, 0.3) is 5.56 Å². The van der Waals surface area contributed by atoms with E-state index in [0.717, 1.165) is 6.07 Å². The average molecular weight is 470 g/mol. The van der Waals surface area contributed by atoms with Crippen LogP contribution in [0.2, 0.25) is 0 Å². The third-order valence-corrected chi connectivity index (χ3v) is 4.54. The highest BCUT2D eigenvalue weighted by Gasteiger charge is 2.35. The summed E-state index contributed by atoms with van der Waals surface area (Å²) in [5, 5.41) is 1.90. The molecule has 0 radical (unpaired) electrons. The van der Waals surface area contributed by atoms with Crippen LogP contribution in [0, 0.1) is 17.5 Å². The van der Waals surface area contributed by atoms with E-state index in [1.54, 1.807) is 6.92 Å². The second kappa shape index (κ2) is 9.39. The molecule has 3 rings (SSSR count). The fourth-order valence-electron chi connectivity index (χ4n) is 2.99. The molecule has 0 spiro atoms. The van der Waals surface area contributed by atoms with Crippen LogP contribution in [0.5, 0.6) is 5.75 Å². The van der Waals surface area contributed by atoms with Crippen LogP contribution in [-0.2, 0) is 17.4 Å². The van der Waals surface area contributed by atoms with E-state index in [2.05, 4.69) is 4.98 Å². The molecule has 33 heavy (non-hydrogen) atoms. The molecule has 0 bridgehead atoms. The number of pyridine rings is 1. The number of carbonyl (C=O) groups excluding carboxylic acids is 1. The molecular weight excluding hydrogens is 454 g/mol. The summed E-state index contributed by atoms with van der Waals surface area (Å²) >= 11 is 0. The van der Waals surface area contributed by atoms with Crippen molar-refractivity contribution in [2.75, 3.05) is 11.9 Å². The average Bonchev–Trinajstić information content (AvgIpc) is 2.72. The first kappa shape index (κ1) is 23.9. The van der Waals surface area contributed by atoms with Crippen molar-refractivity contribution in [1.29, 1.82) is 0 Å². The SMILES string of the molecule is CCOc1cc(-c2ccc(CC(=O)Nc3cc(C(F)(F)F)c(F)cc3F)c(F)c2)c[nH]c1=O. The zero-order valence-corrected chi connectivity index (χ0v) is 16.9. The van der Waals surface area contributed by atoms with Crippen LogP contribution in [0.25, 0.3) is 11.1 Å². The lowest BCUT2D eigenvalue weighted by Gasteiger charge is -2.12. The molecule has 0 aliphatic rings. The molecule has 174 valence electrons. The maximum Gasteiger partial charge on any atom is 0.419 e. The van der Waals surface area contributed by atoms with Gasteiger partial charge < -0.3 is 15.0 Å². The van der Waals surface area contributed by atoms with E-state index < -0.39 is 52.8 Å². The molecule has 0 atom stereocenters. The van der Waals surface area contributed by atoms with Gasteiger partial charge in [-0.3, -0.25) is 9.59 Å². The summed E-state index contributed by atoms with van der Waals surface area (Å²) in [6.07, 6.45) is -4.37. The Morgan fingerprint density at radius 3 is 2.36 bits per heavy atom. The first-order valence-electron chi connectivity index (χ1n) is 9.50. The van der Waals surface area contributed by atoms with Gasteiger partial charge in [0, 0.05) is 17.8 Å². The number of aromatic amines is 1. The molecule has 0 fully saturated rings. The van der Waals surface area contributed by atoms with Crippen LogP contribution in [0.4, 0.5) is 32.0 Å². The van der Waals surface area contributed by atoms with Crippen molar-refractivity contribution in [1.82, 2.24) is 4.98 Å². The molecule has 0 aliphatic carbocycles. The number of carbonyl (C=O) groups is 1. The molecule has 2 N–H and O–H groups in total. The highest BCUT2D eigenvalue weighted by Crippen LogP contribution is 2.34. The predicted octanol–water partition coefficient (Wildman–Crippen LogP) is 5.06. The molecule has 1 amide bonds. The molecule has 3 aromatic rings. The number of ether oxygens (including phenoxy) is 1. The molecule has 0 saturated carbocycles. The molecular formula is C22H16F6N2O3. The van der Waals surface area contributed by atoms with Gasteiger partial charge in [0.05, 0.1) is 24.3 Å². The van der Waals surface area contributed by atoms with Crippen molar-refractivity contribution in [2.45, 2.75) is 19.5 Å². The number of amides is 1. The maximum atomic E-state index is 14.6. The summed E-state index contributed by atoms with van der Waals surface area (Å²) in [6.45, 7) is 1.93. The van der Waals surface area contributed by atoms with Crippen LogP contribution in [0.15, 0.2) is 47.4 Å². The second-order valence-electron chi connectivity index (χ2n) is 6.86. The molecule has 11 heteroatoms. The number of hydrogen-bond acceptors (Lipinski definition) is 3. The minimum atomic E-state index is -5.09. The van der Waals surface area contributed by atoms with Gasteiger partial charge in [-0.2, -0.15) is 13.2 Å². The largest absolute Gasteiger partial charge is 0.488 e. The number of alkyl halides is 3. The van der Waals surface area contributed by atoms with Crippen LogP contribution in [0.1, 0.15) is 18.1 Å². The highest BCUT2D eigenvalue weighted by molar-refractivity contribution is 5.92. The van der Waals surface area contributed by atoms with Crippen molar-refractivity contribution in [3.63, 3.8) is 0 Å². The van der Waals surface area contributed by atoms with E-state index in [-0.39, 0.29) is 30.1 Å². The topological polar surface area (TPSA) is 71.2 Å². The molecule has 1 aromatic heterocycles. The Labute approximate surface area is 183 Å². The molecule has 5 nitrogen and oxygen atoms in total. The van der Waals surface area contributed by atoms with Crippen LogP contribution in [-0.4, -0.2) is 17.5 Å². The Morgan fingerprint density at radius 1 is 1.00 bits per heavy atom. The first-order valence-corrected chi connectivity index (χ1v) is 9.50. The van der Waals surface area contributed by atoms with Crippen LogP contribution >= 0.6 is 0 Å². The molecule has 0 unspecified atom stereocenters. The number of hydrogen-bond donors (Lipinski definition) is 2. The van der Waals surface area contributed by atoms with Gasteiger partial charge in [0.2, 0.25) is 5.91 Å². The minimum absolute atomic E-state index is 0.00845. The zero-order valence-electron chi connectivity index (χ0n) is 16.9. The third-order valence-electron chi connectivity index (χ3n) is 4.54. The zero-order chi connectivity index (χ0) is 24.3. The van der Waals surface area contributed by atoms with Gasteiger partial charge >= 0.3 is 6.18 Å². The highest BCUT2D eigenvalue weighted by atomic mass is 19.4. The summed E-state index contributed by atoms with van der Waals surface area (Å²) in [7, 11) is 0. The van der Waals surface area contributed by atoms with E-state index in [9.17, 15) is 35.9 Å². The number of benzene rings is 2. The normalized spacial score (nSPS) is 11.4. The van der Waals surface area contributed by atoms with Crippen molar-refractivity contribution >= 4 is 11.6 Å². The number of anilines is 1. The predicted molar refractivity (Wildman–Crippen MR) is 107 cm³/mol. The number of aromatic nitrogens is 1. The van der Waals surface area contributed by atoms with Gasteiger partial charge in [-0.15, -0.1) is 0 Å². The lowest BCUT2D eigenvalue weighted by atomic mass is 10.0. The Balaban J connectivity index is 1.79. The van der Waals surface area contributed by atoms with Gasteiger partial charge in [0.15, 0.2) is 5.75 Å². The summed E-state index contributed by atoms with van der Waals surface area (Å²) in [6, 6.07) is 5.36. The summed E-state index contributed by atoms with van der Waals surface area (Å²) in [4.78, 5) is 26.3. The smallest absolute Gasteiger partial charge is 0.419 e.